The number of aliphatic hydroxyl groups excluding tert-OH is 1. The number of carbonyl (C=O) groups excluding carboxylic acids is 3. The second-order valence-electron chi connectivity index (χ2n) is 23.5. The second-order valence-corrected chi connectivity index (χ2v) is 23.5. The van der Waals surface area contributed by atoms with Gasteiger partial charge in [-0.3, -0.25) is 14.4 Å². The first-order chi connectivity index (χ1) is 39.5. The van der Waals surface area contributed by atoms with E-state index in [9.17, 15) is 19.5 Å². The highest BCUT2D eigenvalue weighted by Crippen LogP contribution is 2.26. The van der Waals surface area contributed by atoms with Crippen molar-refractivity contribution in [1.29, 1.82) is 0 Å². The minimum absolute atomic E-state index is 0.0863. The van der Waals surface area contributed by atoms with E-state index >= 15 is 0 Å². The molecule has 0 spiro atoms. The number of hydrogen-bond donors (Lipinski definition) is 1. The number of carbonyl (C=O) groups is 3. The Hall–Kier alpha value is -1.83. The van der Waals surface area contributed by atoms with Gasteiger partial charge < -0.3 is 43.0 Å². The summed E-state index contributed by atoms with van der Waals surface area (Å²) in [5, 5.41) is 9.59. The van der Waals surface area contributed by atoms with Crippen LogP contribution in [0.1, 0.15) is 329 Å². The lowest BCUT2D eigenvalue weighted by Gasteiger charge is -2.29. The van der Waals surface area contributed by atoms with Crippen molar-refractivity contribution in [2.45, 2.75) is 353 Å². The van der Waals surface area contributed by atoms with Gasteiger partial charge in [-0.15, -0.1) is 0 Å². The maximum Gasteiger partial charge on any atom is 0.305 e. The maximum atomic E-state index is 12.7. The molecule has 0 radical (unpaired) electrons. The van der Waals surface area contributed by atoms with Crippen molar-refractivity contribution in [2.24, 2.45) is 0 Å². The van der Waals surface area contributed by atoms with Crippen molar-refractivity contribution in [3.63, 3.8) is 0 Å². The van der Waals surface area contributed by atoms with Crippen molar-refractivity contribution in [3.05, 3.63) is 0 Å². The molecule has 4 unspecified atom stereocenters. The first-order valence-corrected chi connectivity index (χ1v) is 34.6. The van der Waals surface area contributed by atoms with Crippen LogP contribution in [0.25, 0.3) is 0 Å². The highest BCUT2D eigenvalue weighted by molar-refractivity contribution is 5.69. The molecule has 1 rings (SSSR count). The lowest BCUT2D eigenvalue weighted by Crippen LogP contribution is -2.46. The normalized spacial score (nSPS) is 15.7. The third-order valence-corrected chi connectivity index (χ3v) is 16.0. The van der Waals surface area contributed by atoms with E-state index in [-0.39, 0.29) is 84.0 Å². The van der Waals surface area contributed by atoms with Crippen LogP contribution >= 0.6 is 0 Å². The fourth-order valence-corrected chi connectivity index (χ4v) is 11.0. The molecule has 474 valence electrons. The summed E-state index contributed by atoms with van der Waals surface area (Å²) in [6, 6.07) is 0. The van der Waals surface area contributed by atoms with E-state index in [1.54, 1.807) is 0 Å². The molecule has 0 aromatic heterocycles. The van der Waals surface area contributed by atoms with Gasteiger partial charge in [-0.1, -0.05) is 290 Å². The average Bonchev–Trinajstić information content (AvgIpc) is 3.87. The van der Waals surface area contributed by atoms with E-state index in [4.69, 9.17) is 37.9 Å². The summed E-state index contributed by atoms with van der Waals surface area (Å²) in [6.45, 7) is 7.82. The first kappa shape index (κ1) is 76.2. The van der Waals surface area contributed by atoms with Crippen molar-refractivity contribution < 1.29 is 57.4 Å². The van der Waals surface area contributed by atoms with Crippen LogP contribution in [0.4, 0.5) is 0 Å². The number of esters is 3. The fourth-order valence-electron chi connectivity index (χ4n) is 11.0. The van der Waals surface area contributed by atoms with Gasteiger partial charge in [-0.25, -0.2) is 0 Å². The van der Waals surface area contributed by atoms with Gasteiger partial charge in [0, 0.05) is 19.3 Å². The molecule has 1 N–H and O–H groups in total. The molecule has 1 aliphatic rings. The molecule has 1 saturated heterocycles. The quantitative estimate of drug-likeness (QED) is 0.0351. The zero-order valence-electron chi connectivity index (χ0n) is 52.8. The summed E-state index contributed by atoms with van der Waals surface area (Å²) < 4.78 is 47.5. The molecule has 1 fully saturated rings. The molecule has 0 aromatic carbocycles. The maximum absolute atomic E-state index is 12.7. The van der Waals surface area contributed by atoms with Crippen molar-refractivity contribution in [3.8, 4) is 0 Å². The Labute approximate surface area is 492 Å². The van der Waals surface area contributed by atoms with Gasteiger partial charge in [0.05, 0.1) is 46.2 Å². The second kappa shape index (κ2) is 61.7. The van der Waals surface area contributed by atoms with Gasteiger partial charge in [-0.2, -0.15) is 0 Å². The molecule has 0 aromatic rings. The molecule has 80 heavy (non-hydrogen) atoms. The van der Waals surface area contributed by atoms with Gasteiger partial charge in [0.1, 0.15) is 44.2 Å². The number of unbranched alkanes of at least 4 members (excludes halogenated alkanes) is 42. The van der Waals surface area contributed by atoms with Gasteiger partial charge in [0.25, 0.3) is 0 Å². The summed E-state index contributed by atoms with van der Waals surface area (Å²) >= 11 is 0. The molecule has 0 amide bonds. The Morgan fingerprint density at radius 3 is 1.00 bits per heavy atom. The molecule has 12 heteroatoms. The topological polar surface area (TPSA) is 145 Å². The van der Waals surface area contributed by atoms with E-state index < -0.39 is 24.4 Å². The Bertz CT molecular complexity index is 1300. The molecule has 12 nitrogen and oxygen atoms in total. The minimum atomic E-state index is -0.638. The largest absolute Gasteiger partial charge is 0.463 e. The predicted octanol–water partition coefficient (Wildman–Crippen LogP) is 18.0. The third kappa shape index (κ3) is 50.7. The number of ether oxygens (including phenoxy) is 8. The van der Waals surface area contributed by atoms with Crippen molar-refractivity contribution in [1.82, 2.24) is 0 Å². The van der Waals surface area contributed by atoms with Gasteiger partial charge >= 0.3 is 17.9 Å². The highest BCUT2D eigenvalue weighted by Gasteiger charge is 2.44. The molecule has 1 heterocycles. The molecule has 0 bridgehead atoms. The van der Waals surface area contributed by atoms with Crippen LogP contribution in [0, 0.1) is 0 Å². The summed E-state index contributed by atoms with van der Waals surface area (Å²) in [4.78, 5) is 37.9. The SMILES string of the molecule is CCCCCCCCCCCCCCCCCC(=O)OCCOCC(OCCOC(=O)CCCCCCCCCCCCCCCCC)C1OCC(OCCO)C1OCCOC(=O)CCCCCCCCCCCCCCCCC. The number of hydrogen-bond acceptors (Lipinski definition) is 12. The highest BCUT2D eigenvalue weighted by atomic mass is 16.6. The predicted molar refractivity (Wildman–Crippen MR) is 328 cm³/mol. The van der Waals surface area contributed by atoms with Gasteiger partial charge in [-0.05, 0) is 19.3 Å². The average molecular weight is 1140 g/mol. The van der Waals surface area contributed by atoms with Crippen molar-refractivity contribution in [2.75, 3.05) is 66.1 Å². The standard InChI is InChI=1S/C68H130O12/c1-4-7-10-13-16-19-22-25-28-31-34-37-40-43-46-49-64(70)76-55-54-73-60-62(75-56-57-77-65(71)50-47-44-41-38-35-32-29-26-23-20-17-14-11-8-5-2)68-67(63(61-80-68)74-53-52-69)79-59-58-78-66(72)51-48-45-42-39-36-33-30-27-24-21-18-15-12-9-6-3/h62-63,67-69H,4-61H2,1-3H3. The zero-order valence-corrected chi connectivity index (χ0v) is 52.8. The van der Waals surface area contributed by atoms with Gasteiger partial charge in [0.15, 0.2) is 0 Å². The van der Waals surface area contributed by atoms with Crippen LogP contribution in [-0.2, 0) is 52.3 Å². The Kier molecular flexibility index (Phi) is 58.8. The smallest absolute Gasteiger partial charge is 0.305 e. The third-order valence-electron chi connectivity index (χ3n) is 16.0. The number of rotatable bonds is 65. The van der Waals surface area contributed by atoms with Gasteiger partial charge in [0.2, 0.25) is 0 Å². The summed E-state index contributed by atoms with van der Waals surface area (Å²) in [5.74, 6) is -0.670. The molecule has 4 atom stereocenters. The van der Waals surface area contributed by atoms with E-state index in [0.29, 0.717) is 19.3 Å². The molecule has 0 aliphatic carbocycles. The fraction of sp³-hybridized carbons (Fsp3) is 0.956. The Morgan fingerprint density at radius 2 is 0.675 bits per heavy atom. The summed E-state index contributed by atoms with van der Waals surface area (Å²) in [7, 11) is 0. The van der Waals surface area contributed by atoms with E-state index in [0.717, 1.165) is 57.8 Å². The van der Waals surface area contributed by atoms with Crippen LogP contribution in [0.3, 0.4) is 0 Å². The summed E-state index contributed by atoms with van der Waals surface area (Å²) in [5.41, 5.74) is 0. The Morgan fingerprint density at radius 1 is 0.375 bits per heavy atom. The van der Waals surface area contributed by atoms with Crippen LogP contribution in [0.15, 0.2) is 0 Å². The van der Waals surface area contributed by atoms with Crippen LogP contribution in [0.2, 0.25) is 0 Å². The molecule has 1 aliphatic heterocycles. The zero-order chi connectivity index (χ0) is 57.7. The van der Waals surface area contributed by atoms with Crippen LogP contribution < -0.4 is 0 Å². The minimum Gasteiger partial charge on any atom is -0.463 e. The van der Waals surface area contributed by atoms with E-state index in [1.165, 1.54) is 231 Å². The lowest BCUT2D eigenvalue weighted by molar-refractivity contribution is -0.158. The van der Waals surface area contributed by atoms with Crippen LogP contribution in [0.5, 0.6) is 0 Å². The van der Waals surface area contributed by atoms with E-state index in [1.807, 2.05) is 0 Å². The van der Waals surface area contributed by atoms with Crippen molar-refractivity contribution >= 4 is 17.9 Å². The molecular formula is C68H130O12. The lowest BCUT2D eigenvalue weighted by atomic mass is 10.0. The monoisotopic (exact) mass is 1140 g/mol. The summed E-state index contributed by atoms with van der Waals surface area (Å²) in [6.07, 6.45) is 56.1. The molecule has 0 saturated carbocycles. The Balaban J connectivity index is 2.51. The first-order valence-electron chi connectivity index (χ1n) is 34.6. The number of aliphatic hydroxyl groups is 1. The van der Waals surface area contributed by atoms with E-state index in [2.05, 4.69) is 20.8 Å². The molecular weight excluding hydrogens is 1010 g/mol. The van der Waals surface area contributed by atoms with Crippen LogP contribution in [-0.4, -0.2) is 113 Å².